The monoisotopic (exact) mass is 455 g/mol. The molecule has 3 aromatic rings. The Hall–Kier alpha value is -3.51. The molecule has 0 saturated heterocycles. The van der Waals surface area contributed by atoms with E-state index in [0.29, 0.717) is 23.4 Å². The third-order valence-electron chi connectivity index (χ3n) is 6.30. The topological polar surface area (TPSA) is 71.1 Å². The predicted octanol–water partition coefficient (Wildman–Crippen LogP) is 5.45. The van der Waals surface area contributed by atoms with Crippen LogP contribution in [0.3, 0.4) is 0 Å². The molecule has 0 spiro atoms. The summed E-state index contributed by atoms with van der Waals surface area (Å²) in [6.07, 6.45) is 2.94. The van der Waals surface area contributed by atoms with Crippen molar-refractivity contribution in [2.24, 2.45) is 0 Å². The Morgan fingerprint density at radius 1 is 1.06 bits per heavy atom. The van der Waals surface area contributed by atoms with Crippen molar-refractivity contribution in [3.63, 3.8) is 0 Å². The number of Topliss-reactive ketones (excluding diaryl/α,β-unsaturated/α-hetero) is 1. The molecule has 2 aliphatic rings. The van der Waals surface area contributed by atoms with E-state index in [0.717, 1.165) is 28.9 Å². The molecule has 33 heavy (non-hydrogen) atoms. The van der Waals surface area contributed by atoms with Gasteiger partial charge in [-0.15, -0.1) is 11.3 Å². The number of hydrogen-bond acceptors (Lipinski definition) is 5. The summed E-state index contributed by atoms with van der Waals surface area (Å²) in [7, 11) is 0. The number of dihydropyridines is 1. The van der Waals surface area contributed by atoms with Gasteiger partial charge in [0.1, 0.15) is 5.82 Å². The highest BCUT2D eigenvalue weighted by molar-refractivity contribution is 7.10. The van der Waals surface area contributed by atoms with Crippen LogP contribution in [0.4, 0.5) is 5.82 Å². The Morgan fingerprint density at radius 3 is 2.58 bits per heavy atom. The second-order valence-corrected chi connectivity index (χ2v) is 9.60. The van der Waals surface area contributed by atoms with Crippen LogP contribution in [-0.4, -0.2) is 16.7 Å². The number of nitrogens with zero attached hydrogens (tertiary/aromatic N) is 1. The zero-order chi connectivity index (χ0) is 22.9. The average molecular weight is 456 g/mol. The number of carbonyl (C=O) groups excluding carboxylic acids is 2. The number of aryl methyl sites for hydroxylation is 1. The molecule has 5 nitrogen and oxygen atoms in total. The molecule has 0 bridgehead atoms. The summed E-state index contributed by atoms with van der Waals surface area (Å²) in [6, 6.07) is 17.7. The van der Waals surface area contributed by atoms with Crippen LogP contribution in [0.25, 0.3) is 0 Å². The number of ketones is 1. The van der Waals surface area contributed by atoms with E-state index in [1.807, 2.05) is 56.3 Å². The number of benzene rings is 1. The van der Waals surface area contributed by atoms with Gasteiger partial charge in [0.2, 0.25) is 0 Å². The molecule has 1 aliphatic heterocycles. The fraction of sp³-hybridized carbons (Fsp3) is 0.222. The van der Waals surface area contributed by atoms with E-state index < -0.39 is 5.92 Å². The van der Waals surface area contributed by atoms with Gasteiger partial charge in [-0.3, -0.25) is 9.59 Å². The number of hydrogen-bond donors (Lipinski definition) is 2. The van der Waals surface area contributed by atoms with Crippen LogP contribution < -0.4 is 10.6 Å². The van der Waals surface area contributed by atoms with Gasteiger partial charge in [-0.2, -0.15) is 0 Å². The second kappa shape index (κ2) is 8.79. The van der Waals surface area contributed by atoms with Crippen molar-refractivity contribution in [3.05, 3.63) is 105 Å². The summed E-state index contributed by atoms with van der Waals surface area (Å²) < 4.78 is 0. The minimum absolute atomic E-state index is 0.0993. The summed E-state index contributed by atoms with van der Waals surface area (Å²) in [5.41, 5.74) is 4.93. The van der Waals surface area contributed by atoms with E-state index >= 15 is 0 Å². The standard InChI is InChI=1S/C27H25N3O2S/c1-16-10-11-23(28-15-16)30-27(32)24-17(2)29-20-13-19(22-9-6-12-33-22)14-21(31)26(20)25(24)18-7-4-3-5-8-18/h3-12,15,19,25,29H,13-14H2,1-2H3,(H,28,30,32). The van der Waals surface area contributed by atoms with Gasteiger partial charge in [0.25, 0.3) is 5.91 Å². The van der Waals surface area contributed by atoms with Crippen molar-refractivity contribution in [2.75, 3.05) is 5.32 Å². The number of allylic oxidation sites excluding steroid dienone is 3. The largest absolute Gasteiger partial charge is 0.362 e. The number of carbonyl (C=O) groups is 2. The highest BCUT2D eigenvalue weighted by Gasteiger charge is 2.41. The first-order chi connectivity index (χ1) is 16.0. The van der Waals surface area contributed by atoms with Crippen molar-refractivity contribution in [2.45, 2.75) is 38.5 Å². The van der Waals surface area contributed by atoms with E-state index in [4.69, 9.17) is 0 Å². The highest BCUT2D eigenvalue weighted by atomic mass is 32.1. The maximum absolute atomic E-state index is 13.5. The lowest BCUT2D eigenvalue weighted by Crippen LogP contribution is -2.37. The number of thiophene rings is 1. The molecule has 3 heterocycles. The van der Waals surface area contributed by atoms with Crippen LogP contribution >= 0.6 is 11.3 Å². The van der Waals surface area contributed by atoms with E-state index in [1.54, 1.807) is 23.6 Å². The summed E-state index contributed by atoms with van der Waals surface area (Å²) >= 11 is 1.69. The number of aromatic nitrogens is 1. The first-order valence-electron chi connectivity index (χ1n) is 11.1. The van der Waals surface area contributed by atoms with Gasteiger partial charge in [-0.1, -0.05) is 42.5 Å². The smallest absolute Gasteiger partial charge is 0.255 e. The quantitative estimate of drug-likeness (QED) is 0.549. The molecule has 6 heteroatoms. The molecular formula is C27H25N3O2S. The minimum Gasteiger partial charge on any atom is -0.362 e. The zero-order valence-electron chi connectivity index (χ0n) is 18.6. The molecule has 2 N–H and O–H groups in total. The molecule has 0 radical (unpaired) electrons. The van der Waals surface area contributed by atoms with E-state index in [9.17, 15) is 9.59 Å². The molecule has 1 amide bonds. The van der Waals surface area contributed by atoms with E-state index in [1.165, 1.54) is 4.88 Å². The molecule has 166 valence electrons. The normalized spacial score (nSPS) is 20.4. The second-order valence-electron chi connectivity index (χ2n) is 8.62. The fourth-order valence-electron chi connectivity index (χ4n) is 4.77. The van der Waals surface area contributed by atoms with Crippen molar-refractivity contribution in [1.29, 1.82) is 0 Å². The maximum Gasteiger partial charge on any atom is 0.255 e. The number of pyridine rings is 1. The Labute approximate surface area is 197 Å². The summed E-state index contributed by atoms with van der Waals surface area (Å²) in [4.78, 5) is 32.6. The van der Waals surface area contributed by atoms with Gasteiger partial charge < -0.3 is 10.6 Å². The molecule has 0 saturated carbocycles. The molecule has 1 aliphatic carbocycles. The first kappa shape index (κ1) is 21.3. The molecule has 2 atom stereocenters. The Bertz CT molecular complexity index is 1260. The lowest BCUT2D eigenvalue weighted by atomic mass is 9.72. The van der Waals surface area contributed by atoms with Crippen LogP contribution in [0, 0.1) is 6.92 Å². The number of nitrogens with one attached hydrogen (secondary N) is 2. The van der Waals surface area contributed by atoms with Crippen LogP contribution in [0.15, 0.2) is 88.7 Å². The van der Waals surface area contributed by atoms with Gasteiger partial charge >= 0.3 is 0 Å². The summed E-state index contributed by atoms with van der Waals surface area (Å²) in [5, 5.41) is 8.41. The minimum atomic E-state index is -0.412. The van der Waals surface area contributed by atoms with Gasteiger partial charge in [0, 0.05) is 51.9 Å². The van der Waals surface area contributed by atoms with Gasteiger partial charge in [-0.05, 0) is 48.9 Å². The number of amides is 1. The van der Waals surface area contributed by atoms with Gasteiger partial charge in [0.15, 0.2) is 5.78 Å². The third kappa shape index (κ3) is 4.14. The zero-order valence-corrected chi connectivity index (χ0v) is 19.4. The van der Waals surface area contributed by atoms with Crippen LogP contribution in [0.5, 0.6) is 0 Å². The first-order valence-corrected chi connectivity index (χ1v) is 12.0. The molecule has 2 unspecified atom stereocenters. The van der Waals surface area contributed by atoms with E-state index in [2.05, 4.69) is 27.1 Å². The fourth-order valence-corrected chi connectivity index (χ4v) is 5.60. The van der Waals surface area contributed by atoms with Crippen molar-refractivity contribution in [3.8, 4) is 0 Å². The maximum atomic E-state index is 13.5. The van der Waals surface area contributed by atoms with Crippen molar-refractivity contribution in [1.82, 2.24) is 10.3 Å². The SMILES string of the molecule is CC1=C(C(=O)Nc2ccc(C)cn2)C(c2ccccc2)C2=C(CC(c3cccs3)CC2=O)N1. The van der Waals surface area contributed by atoms with Crippen LogP contribution in [0.2, 0.25) is 0 Å². The third-order valence-corrected chi connectivity index (χ3v) is 7.34. The molecule has 5 rings (SSSR count). The molecule has 0 fully saturated rings. The number of anilines is 1. The summed E-state index contributed by atoms with van der Waals surface area (Å²) in [6.45, 7) is 3.87. The van der Waals surface area contributed by atoms with Gasteiger partial charge in [0.05, 0.1) is 0 Å². The average Bonchev–Trinajstić information content (AvgIpc) is 3.35. The Kier molecular flexibility index (Phi) is 5.68. The lowest BCUT2D eigenvalue weighted by Gasteiger charge is -2.36. The van der Waals surface area contributed by atoms with Crippen LogP contribution in [-0.2, 0) is 9.59 Å². The van der Waals surface area contributed by atoms with Crippen molar-refractivity contribution < 1.29 is 9.59 Å². The van der Waals surface area contributed by atoms with E-state index in [-0.39, 0.29) is 17.6 Å². The lowest BCUT2D eigenvalue weighted by molar-refractivity contribution is -0.116. The molecule has 2 aromatic heterocycles. The Morgan fingerprint density at radius 2 is 1.88 bits per heavy atom. The highest BCUT2D eigenvalue weighted by Crippen LogP contribution is 2.46. The van der Waals surface area contributed by atoms with Crippen molar-refractivity contribution >= 4 is 28.8 Å². The Balaban J connectivity index is 1.54. The predicted molar refractivity (Wildman–Crippen MR) is 131 cm³/mol. The molecule has 1 aromatic carbocycles. The summed E-state index contributed by atoms with van der Waals surface area (Å²) in [5.74, 6) is 0.0993. The molecular weight excluding hydrogens is 430 g/mol. The number of rotatable bonds is 4. The van der Waals surface area contributed by atoms with Crippen LogP contribution in [0.1, 0.15) is 47.6 Å². The van der Waals surface area contributed by atoms with Gasteiger partial charge in [-0.25, -0.2) is 4.98 Å².